The van der Waals surface area contributed by atoms with Crippen molar-refractivity contribution in [1.29, 1.82) is 0 Å². The van der Waals surface area contributed by atoms with Crippen LogP contribution in [0.15, 0.2) is 39.3 Å². The van der Waals surface area contributed by atoms with E-state index >= 15 is 0 Å². The third-order valence-corrected chi connectivity index (χ3v) is 4.50. The Kier molecular flexibility index (Phi) is 5.54. The van der Waals surface area contributed by atoms with E-state index in [1.54, 1.807) is 38.5 Å². The molecular weight excluding hydrogens is 423 g/mol. The molecule has 0 aromatic heterocycles. The molecule has 1 atom stereocenters. The second-order valence-corrected chi connectivity index (χ2v) is 6.47. The Morgan fingerprint density at radius 1 is 1.00 bits per heavy atom. The molecule has 1 unspecified atom stereocenters. The molecule has 0 aliphatic heterocycles. The highest BCUT2D eigenvalue weighted by Crippen LogP contribution is 2.39. The number of hydrogen-bond donors (Lipinski definition) is 1. The maximum Gasteiger partial charge on any atom is 0.133 e. The normalized spacial score (nSPS) is 12.1. The van der Waals surface area contributed by atoms with Gasteiger partial charge in [0.15, 0.2) is 0 Å². The van der Waals surface area contributed by atoms with Crippen LogP contribution in [0.5, 0.6) is 11.5 Å². The number of aliphatic hydroxyl groups excluding tert-OH is 1. The minimum atomic E-state index is -0.914. The second kappa shape index (κ2) is 7.01. The fourth-order valence-electron chi connectivity index (χ4n) is 1.99. The van der Waals surface area contributed by atoms with Crippen LogP contribution in [0.25, 0.3) is 0 Å². The number of benzene rings is 2. The first-order valence-electron chi connectivity index (χ1n) is 6.02. The summed E-state index contributed by atoms with van der Waals surface area (Å²) in [5.74, 6) is 1.16. The lowest BCUT2D eigenvalue weighted by Gasteiger charge is -2.18. The summed E-state index contributed by atoms with van der Waals surface area (Å²) >= 11 is 12.9. The van der Waals surface area contributed by atoms with Crippen molar-refractivity contribution >= 4 is 43.5 Å². The molecule has 0 radical (unpaired) electrons. The number of rotatable bonds is 4. The van der Waals surface area contributed by atoms with Crippen LogP contribution in [0.4, 0.5) is 0 Å². The largest absolute Gasteiger partial charge is 0.496 e. The number of hydrogen-bond acceptors (Lipinski definition) is 3. The highest BCUT2D eigenvalue weighted by Gasteiger charge is 2.20. The van der Waals surface area contributed by atoms with Crippen LogP contribution >= 0.6 is 43.5 Å². The van der Waals surface area contributed by atoms with E-state index in [0.717, 1.165) is 8.95 Å². The van der Waals surface area contributed by atoms with E-state index in [-0.39, 0.29) is 0 Å². The molecule has 0 heterocycles. The van der Waals surface area contributed by atoms with Gasteiger partial charge in [-0.1, -0.05) is 33.6 Å². The van der Waals surface area contributed by atoms with Gasteiger partial charge in [-0.05, 0) is 40.2 Å². The first-order chi connectivity index (χ1) is 9.97. The Labute approximate surface area is 145 Å². The van der Waals surface area contributed by atoms with E-state index in [0.29, 0.717) is 27.6 Å². The lowest BCUT2D eigenvalue weighted by Crippen LogP contribution is -2.04. The highest BCUT2D eigenvalue weighted by molar-refractivity contribution is 9.10. The van der Waals surface area contributed by atoms with E-state index < -0.39 is 6.10 Å². The van der Waals surface area contributed by atoms with Crippen molar-refractivity contribution in [1.82, 2.24) is 0 Å². The maximum atomic E-state index is 10.6. The molecule has 2 rings (SSSR count). The summed E-state index contributed by atoms with van der Waals surface area (Å²) in [4.78, 5) is 0. The van der Waals surface area contributed by atoms with Crippen molar-refractivity contribution in [2.45, 2.75) is 6.10 Å². The van der Waals surface area contributed by atoms with Gasteiger partial charge in [0.25, 0.3) is 0 Å². The molecule has 112 valence electrons. The Morgan fingerprint density at radius 3 is 2.24 bits per heavy atom. The molecule has 0 aliphatic carbocycles. The average molecular weight is 437 g/mol. The molecule has 0 bridgehead atoms. The van der Waals surface area contributed by atoms with E-state index in [4.69, 9.17) is 21.1 Å². The van der Waals surface area contributed by atoms with Crippen LogP contribution in [0, 0.1) is 0 Å². The van der Waals surface area contributed by atoms with E-state index in [1.807, 2.05) is 6.07 Å². The van der Waals surface area contributed by atoms with Crippen LogP contribution in [0.3, 0.4) is 0 Å². The molecule has 2 aromatic rings. The second-order valence-electron chi connectivity index (χ2n) is 4.30. The summed E-state index contributed by atoms with van der Waals surface area (Å²) in [6, 6.07) is 8.82. The quantitative estimate of drug-likeness (QED) is 0.736. The zero-order valence-corrected chi connectivity index (χ0v) is 15.3. The smallest absolute Gasteiger partial charge is 0.133 e. The van der Waals surface area contributed by atoms with Crippen LogP contribution in [0.1, 0.15) is 17.2 Å². The lowest BCUT2D eigenvalue weighted by molar-refractivity contribution is 0.214. The maximum absolute atomic E-state index is 10.6. The van der Waals surface area contributed by atoms with Gasteiger partial charge >= 0.3 is 0 Å². The molecule has 0 saturated carbocycles. The Bertz CT molecular complexity index is 662. The zero-order chi connectivity index (χ0) is 15.6. The van der Waals surface area contributed by atoms with E-state index in [9.17, 15) is 5.11 Å². The van der Waals surface area contributed by atoms with Crippen molar-refractivity contribution in [3.05, 3.63) is 55.4 Å². The highest BCUT2D eigenvalue weighted by atomic mass is 79.9. The zero-order valence-electron chi connectivity index (χ0n) is 11.4. The lowest BCUT2D eigenvalue weighted by atomic mass is 10.0. The summed E-state index contributed by atoms with van der Waals surface area (Å²) in [5.41, 5.74) is 1.18. The molecule has 21 heavy (non-hydrogen) atoms. The first kappa shape index (κ1) is 16.6. The van der Waals surface area contributed by atoms with Gasteiger partial charge in [0.05, 0.1) is 18.7 Å². The van der Waals surface area contributed by atoms with Gasteiger partial charge in [-0.2, -0.15) is 0 Å². The Morgan fingerprint density at radius 2 is 1.67 bits per heavy atom. The summed E-state index contributed by atoms with van der Waals surface area (Å²) in [6.07, 6.45) is -0.914. The molecular formula is C15H13Br2ClO3. The van der Waals surface area contributed by atoms with Gasteiger partial charge in [-0.3, -0.25) is 0 Å². The third kappa shape index (κ3) is 3.54. The van der Waals surface area contributed by atoms with Crippen LogP contribution in [-0.4, -0.2) is 19.3 Å². The van der Waals surface area contributed by atoms with Crippen LogP contribution in [0.2, 0.25) is 5.02 Å². The monoisotopic (exact) mass is 434 g/mol. The summed E-state index contributed by atoms with van der Waals surface area (Å²) in [5, 5.41) is 11.1. The summed E-state index contributed by atoms with van der Waals surface area (Å²) in [6.45, 7) is 0. The minimum absolute atomic E-state index is 0.473. The standard InChI is InChI=1S/C15H13Br2ClO3/c1-20-13-7-11(17)14(21-2)6-10(13)15(19)9-4-3-8(16)5-12(9)18/h3-7,15,19H,1-2H3. The first-order valence-corrected chi connectivity index (χ1v) is 7.98. The SMILES string of the molecule is COc1cc(C(O)c2ccc(Br)cc2Cl)c(OC)cc1Br. The number of halogens is 3. The summed E-state index contributed by atoms with van der Waals surface area (Å²) < 4.78 is 12.2. The van der Waals surface area contributed by atoms with Gasteiger partial charge in [0.2, 0.25) is 0 Å². The van der Waals surface area contributed by atoms with Crippen molar-refractivity contribution in [3.8, 4) is 11.5 Å². The van der Waals surface area contributed by atoms with Gasteiger partial charge in [0.1, 0.15) is 17.6 Å². The van der Waals surface area contributed by atoms with Crippen molar-refractivity contribution < 1.29 is 14.6 Å². The molecule has 0 amide bonds. The van der Waals surface area contributed by atoms with Gasteiger partial charge in [-0.15, -0.1) is 0 Å². The molecule has 0 saturated heterocycles. The Balaban J connectivity index is 2.53. The molecule has 3 nitrogen and oxygen atoms in total. The predicted octanol–water partition coefficient (Wildman–Crippen LogP) is 4.96. The van der Waals surface area contributed by atoms with Gasteiger partial charge in [-0.25, -0.2) is 0 Å². The topological polar surface area (TPSA) is 38.7 Å². The number of methoxy groups -OCH3 is 2. The number of aliphatic hydroxyl groups is 1. The Hall–Kier alpha value is -0.750. The number of ether oxygens (including phenoxy) is 2. The van der Waals surface area contributed by atoms with Crippen molar-refractivity contribution in [3.63, 3.8) is 0 Å². The van der Waals surface area contributed by atoms with E-state index in [1.165, 1.54) is 0 Å². The molecule has 0 aliphatic rings. The molecule has 0 spiro atoms. The van der Waals surface area contributed by atoms with Crippen molar-refractivity contribution in [2.24, 2.45) is 0 Å². The van der Waals surface area contributed by atoms with Crippen molar-refractivity contribution in [2.75, 3.05) is 14.2 Å². The minimum Gasteiger partial charge on any atom is -0.496 e. The average Bonchev–Trinajstić information content (AvgIpc) is 2.46. The van der Waals surface area contributed by atoms with Crippen LogP contribution in [-0.2, 0) is 0 Å². The predicted molar refractivity (Wildman–Crippen MR) is 90.5 cm³/mol. The summed E-state index contributed by atoms with van der Waals surface area (Å²) in [7, 11) is 3.11. The molecule has 6 heteroatoms. The molecule has 2 aromatic carbocycles. The molecule has 1 N–H and O–H groups in total. The van der Waals surface area contributed by atoms with E-state index in [2.05, 4.69) is 31.9 Å². The van der Waals surface area contributed by atoms with Gasteiger partial charge < -0.3 is 14.6 Å². The third-order valence-electron chi connectivity index (χ3n) is 3.06. The fourth-order valence-corrected chi connectivity index (χ4v) is 3.25. The van der Waals surface area contributed by atoms with Crippen LogP contribution < -0.4 is 9.47 Å². The van der Waals surface area contributed by atoms with Gasteiger partial charge in [0, 0.05) is 20.6 Å². The molecule has 0 fully saturated rings. The fraction of sp³-hybridized carbons (Fsp3) is 0.200.